The summed E-state index contributed by atoms with van der Waals surface area (Å²) < 4.78 is 11.9. The van der Waals surface area contributed by atoms with Crippen LogP contribution in [0.15, 0.2) is 77.3 Å². The maximum atomic E-state index is 12.3. The van der Waals surface area contributed by atoms with Crippen LogP contribution in [0, 0.1) is 6.92 Å². The second kappa shape index (κ2) is 10.6. The number of ketones is 1. The lowest BCUT2D eigenvalue weighted by Gasteiger charge is -2.12. The highest BCUT2D eigenvalue weighted by atomic mass is 79.9. The van der Waals surface area contributed by atoms with Gasteiger partial charge in [0.05, 0.1) is 7.11 Å². The van der Waals surface area contributed by atoms with Gasteiger partial charge in [0, 0.05) is 15.7 Å². The van der Waals surface area contributed by atoms with Crippen LogP contribution in [0.2, 0.25) is 0 Å². The minimum absolute atomic E-state index is 0.103. The zero-order valence-corrected chi connectivity index (χ0v) is 18.8. The molecule has 3 aromatic carbocycles. The first-order chi connectivity index (χ1) is 15.0. The number of rotatable bonds is 8. The SMILES string of the molecule is COc1cc(/C=C/C(=O)c2cccc(Br)c2)ccc1OCC(=O)Nc1ccccc1C. The van der Waals surface area contributed by atoms with E-state index in [1.54, 1.807) is 36.4 Å². The Labute approximate surface area is 189 Å². The first-order valence-electron chi connectivity index (χ1n) is 9.60. The molecule has 0 aromatic heterocycles. The lowest BCUT2D eigenvalue weighted by molar-refractivity contribution is -0.118. The fraction of sp³-hybridized carbons (Fsp3) is 0.120. The molecular weight excluding hydrogens is 458 g/mol. The number of anilines is 1. The smallest absolute Gasteiger partial charge is 0.262 e. The Kier molecular flexibility index (Phi) is 7.62. The largest absolute Gasteiger partial charge is 0.493 e. The minimum Gasteiger partial charge on any atom is -0.493 e. The number of carbonyl (C=O) groups is 2. The molecule has 0 radical (unpaired) electrons. The number of ether oxygens (including phenoxy) is 2. The molecule has 1 amide bonds. The molecule has 0 aliphatic heterocycles. The summed E-state index contributed by atoms with van der Waals surface area (Å²) in [5, 5.41) is 2.82. The van der Waals surface area contributed by atoms with Crippen molar-refractivity contribution < 1.29 is 19.1 Å². The highest BCUT2D eigenvalue weighted by Gasteiger charge is 2.10. The third kappa shape index (κ3) is 6.30. The van der Waals surface area contributed by atoms with E-state index in [1.165, 1.54) is 13.2 Å². The maximum Gasteiger partial charge on any atom is 0.262 e. The standard InChI is InChI=1S/C25H22BrNO4/c1-17-6-3-4-9-21(17)27-25(29)16-31-23-13-11-18(14-24(23)30-2)10-12-22(28)19-7-5-8-20(26)15-19/h3-15H,16H2,1-2H3,(H,27,29)/b12-10+. The maximum absolute atomic E-state index is 12.3. The van der Waals surface area contributed by atoms with Gasteiger partial charge in [-0.15, -0.1) is 0 Å². The molecule has 1 N–H and O–H groups in total. The number of allylic oxidation sites excluding steroid dienone is 1. The van der Waals surface area contributed by atoms with E-state index < -0.39 is 0 Å². The molecule has 158 valence electrons. The molecule has 0 atom stereocenters. The van der Waals surface area contributed by atoms with Crippen molar-refractivity contribution in [3.05, 3.63) is 94.0 Å². The molecule has 3 rings (SSSR count). The number of para-hydroxylation sites is 1. The summed E-state index contributed by atoms with van der Waals surface area (Å²) in [6, 6.07) is 20.0. The van der Waals surface area contributed by atoms with Gasteiger partial charge < -0.3 is 14.8 Å². The van der Waals surface area contributed by atoms with Gasteiger partial charge in [0.25, 0.3) is 5.91 Å². The number of benzene rings is 3. The van der Waals surface area contributed by atoms with E-state index in [0.29, 0.717) is 17.1 Å². The molecular formula is C25H22BrNO4. The summed E-state index contributed by atoms with van der Waals surface area (Å²) in [6.07, 6.45) is 3.22. The number of methoxy groups -OCH3 is 1. The summed E-state index contributed by atoms with van der Waals surface area (Å²) in [5.74, 6) is 0.548. The van der Waals surface area contributed by atoms with Crippen molar-refractivity contribution in [2.45, 2.75) is 6.92 Å². The Hall–Kier alpha value is -3.38. The molecule has 31 heavy (non-hydrogen) atoms. The van der Waals surface area contributed by atoms with E-state index in [1.807, 2.05) is 43.3 Å². The van der Waals surface area contributed by atoms with E-state index in [2.05, 4.69) is 21.2 Å². The molecule has 0 saturated heterocycles. The second-order valence-corrected chi connectivity index (χ2v) is 7.69. The van der Waals surface area contributed by atoms with Crippen LogP contribution in [0.3, 0.4) is 0 Å². The van der Waals surface area contributed by atoms with Crippen LogP contribution in [0.4, 0.5) is 5.69 Å². The van der Waals surface area contributed by atoms with Crippen molar-refractivity contribution in [3.8, 4) is 11.5 Å². The Morgan fingerprint density at radius 3 is 2.55 bits per heavy atom. The molecule has 6 heteroatoms. The average Bonchev–Trinajstić information content (AvgIpc) is 2.77. The van der Waals surface area contributed by atoms with Gasteiger partial charge in [-0.2, -0.15) is 0 Å². The minimum atomic E-state index is -0.264. The van der Waals surface area contributed by atoms with Crippen molar-refractivity contribution in [3.63, 3.8) is 0 Å². The molecule has 0 bridgehead atoms. The van der Waals surface area contributed by atoms with Crippen LogP contribution in [-0.4, -0.2) is 25.4 Å². The van der Waals surface area contributed by atoms with Gasteiger partial charge in [-0.3, -0.25) is 9.59 Å². The fourth-order valence-corrected chi connectivity index (χ4v) is 3.26. The van der Waals surface area contributed by atoms with Gasteiger partial charge in [-0.25, -0.2) is 0 Å². The number of halogens is 1. The van der Waals surface area contributed by atoms with Crippen LogP contribution in [-0.2, 0) is 4.79 Å². The van der Waals surface area contributed by atoms with Crippen molar-refractivity contribution in [2.24, 2.45) is 0 Å². The number of aryl methyl sites for hydroxylation is 1. The first-order valence-corrected chi connectivity index (χ1v) is 10.4. The van der Waals surface area contributed by atoms with Gasteiger partial charge in [0.1, 0.15) is 0 Å². The van der Waals surface area contributed by atoms with E-state index >= 15 is 0 Å². The molecule has 5 nitrogen and oxygen atoms in total. The van der Waals surface area contributed by atoms with Gasteiger partial charge in [-0.1, -0.05) is 58.4 Å². The molecule has 0 heterocycles. The lowest BCUT2D eigenvalue weighted by Crippen LogP contribution is -2.20. The monoisotopic (exact) mass is 479 g/mol. The van der Waals surface area contributed by atoms with Gasteiger partial charge in [0.2, 0.25) is 0 Å². The van der Waals surface area contributed by atoms with Crippen molar-refractivity contribution in [2.75, 3.05) is 19.0 Å². The number of nitrogens with one attached hydrogen (secondary N) is 1. The number of hydrogen-bond donors (Lipinski definition) is 1. The predicted octanol–water partition coefficient (Wildman–Crippen LogP) is 5.68. The van der Waals surface area contributed by atoms with E-state index in [4.69, 9.17) is 9.47 Å². The summed E-state index contributed by atoms with van der Waals surface area (Å²) in [4.78, 5) is 24.5. The number of amides is 1. The highest BCUT2D eigenvalue weighted by Crippen LogP contribution is 2.28. The summed E-state index contributed by atoms with van der Waals surface area (Å²) in [5.41, 5.74) is 3.09. The molecule has 0 unspecified atom stereocenters. The van der Waals surface area contributed by atoms with Crippen LogP contribution in [0.5, 0.6) is 11.5 Å². The Morgan fingerprint density at radius 2 is 1.81 bits per heavy atom. The quantitative estimate of drug-likeness (QED) is 0.333. The average molecular weight is 480 g/mol. The van der Waals surface area contributed by atoms with Crippen LogP contribution >= 0.6 is 15.9 Å². The van der Waals surface area contributed by atoms with Crippen LogP contribution in [0.1, 0.15) is 21.5 Å². The Morgan fingerprint density at radius 1 is 1.00 bits per heavy atom. The molecule has 0 fully saturated rings. The summed E-state index contributed by atoms with van der Waals surface area (Å²) in [7, 11) is 1.52. The van der Waals surface area contributed by atoms with Crippen LogP contribution in [0.25, 0.3) is 6.08 Å². The topological polar surface area (TPSA) is 64.6 Å². The highest BCUT2D eigenvalue weighted by molar-refractivity contribution is 9.10. The Balaban J connectivity index is 1.63. The van der Waals surface area contributed by atoms with Crippen molar-refractivity contribution in [1.82, 2.24) is 0 Å². The molecule has 0 aliphatic rings. The number of carbonyl (C=O) groups excluding carboxylic acids is 2. The van der Waals surface area contributed by atoms with Crippen LogP contribution < -0.4 is 14.8 Å². The van der Waals surface area contributed by atoms with Crippen molar-refractivity contribution >= 4 is 39.4 Å². The fourth-order valence-electron chi connectivity index (χ4n) is 2.86. The van der Waals surface area contributed by atoms with E-state index in [0.717, 1.165) is 21.3 Å². The molecule has 0 saturated carbocycles. The van der Waals surface area contributed by atoms with E-state index in [9.17, 15) is 9.59 Å². The van der Waals surface area contributed by atoms with Gasteiger partial charge in [0.15, 0.2) is 23.9 Å². The zero-order chi connectivity index (χ0) is 22.2. The molecule has 3 aromatic rings. The normalized spacial score (nSPS) is 10.7. The van der Waals surface area contributed by atoms with Crippen molar-refractivity contribution in [1.29, 1.82) is 0 Å². The molecule has 0 spiro atoms. The van der Waals surface area contributed by atoms with E-state index in [-0.39, 0.29) is 18.3 Å². The van der Waals surface area contributed by atoms with Gasteiger partial charge >= 0.3 is 0 Å². The predicted molar refractivity (Wildman–Crippen MR) is 126 cm³/mol. The van der Waals surface area contributed by atoms with Gasteiger partial charge in [-0.05, 0) is 54.5 Å². The number of hydrogen-bond acceptors (Lipinski definition) is 4. The molecule has 0 aliphatic carbocycles. The summed E-state index contributed by atoms with van der Waals surface area (Å²) >= 11 is 3.36. The first kappa shape index (κ1) is 22.3. The summed E-state index contributed by atoms with van der Waals surface area (Å²) in [6.45, 7) is 1.77. The zero-order valence-electron chi connectivity index (χ0n) is 17.2. The Bertz CT molecular complexity index is 1120. The third-order valence-electron chi connectivity index (χ3n) is 4.50. The third-order valence-corrected chi connectivity index (χ3v) is 5.00. The second-order valence-electron chi connectivity index (χ2n) is 6.77. The lowest BCUT2D eigenvalue weighted by atomic mass is 10.1.